The second kappa shape index (κ2) is 6.67. The lowest BCUT2D eigenvalue weighted by Crippen LogP contribution is -2.43. The topological polar surface area (TPSA) is 53.0 Å². The summed E-state index contributed by atoms with van der Waals surface area (Å²) in [5.41, 5.74) is 2.71. The number of carbonyl (C=O) groups is 1. The maximum absolute atomic E-state index is 11.8. The van der Waals surface area contributed by atoms with Crippen LogP contribution in [0.3, 0.4) is 0 Å². The fraction of sp³-hybridized carbons (Fsp3) is 0.588. The average molecular weight is 304 g/mol. The van der Waals surface area contributed by atoms with Crippen molar-refractivity contribution >= 4 is 11.7 Å². The minimum absolute atomic E-state index is 0.240. The highest BCUT2D eigenvalue weighted by atomic mass is 16.5. The number of hydrogen-bond donors (Lipinski definition) is 1. The molecule has 1 aromatic rings. The number of aryl methyl sites for hydroxylation is 1. The highest BCUT2D eigenvalue weighted by Crippen LogP contribution is 2.27. The van der Waals surface area contributed by atoms with Crippen LogP contribution in [0.2, 0.25) is 0 Å². The van der Waals surface area contributed by atoms with Gasteiger partial charge in [0.2, 0.25) is 0 Å². The lowest BCUT2D eigenvalue weighted by molar-refractivity contribution is -0.145. The number of anilines is 1. The van der Waals surface area contributed by atoms with E-state index >= 15 is 0 Å². The molecule has 0 aromatic heterocycles. The van der Waals surface area contributed by atoms with Crippen molar-refractivity contribution in [3.63, 3.8) is 0 Å². The van der Waals surface area contributed by atoms with Gasteiger partial charge in [-0.1, -0.05) is 18.2 Å². The Bertz CT molecular complexity index is 534. The molecule has 120 valence electrons. The number of ether oxygens (including phenoxy) is 1. The molecule has 1 aromatic carbocycles. The number of benzene rings is 1. The van der Waals surface area contributed by atoms with Crippen molar-refractivity contribution in [1.29, 1.82) is 0 Å². The number of aliphatic hydroxyl groups excluding tert-OH is 1. The van der Waals surface area contributed by atoms with E-state index in [1.54, 1.807) is 0 Å². The van der Waals surface area contributed by atoms with Crippen LogP contribution < -0.4 is 4.90 Å². The number of fused-ring (bicyclic) bond motifs is 1. The quantitative estimate of drug-likeness (QED) is 0.843. The highest BCUT2D eigenvalue weighted by molar-refractivity contribution is 5.76. The molecule has 0 spiro atoms. The molecule has 1 saturated heterocycles. The Kier molecular flexibility index (Phi) is 4.64. The van der Waals surface area contributed by atoms with Gasteiger partial charge < -0.3 is 14.7 Å². The molecule has 1 fully saturated rings. The summed E-state index contributed by atoms with van der Waals surface area (Å²) in [7, 11) is 1.41. The van der Waals surface area contributed by atoms with Gasteiger partial charge in [-0.05, 0) is 24.5 Å². The van der Waals surface area contributed by atoms with Gasteiger partial charge in [0.25, 0.3) is 0 Å². The van der Waals surface area contributed by atoms with Gasteiger partial charge >= 0.3 is 5.97 Å². The summed E-state index contributed by atoms with van der Waals surface area (Å²) < 4.78 is 4.86. The first kappa shape index (κ1) is 15.3. The van der Waals surface area contributed by atoms with Gasteiger partial charge in [0, 0.05) is 38.3 Å². The minimum Gasteiger partial charge on any atom is -0.468 e. The van der Waals surface area contributed by atoms with Crippen LogP contribution in [0.5, 0.6) is 0 Å². The van der Waals surface area contributed by atoms with Crippen molar-refractivity contribution in [3.8, 4) is 0 Å². The van der Waals surface area contributed by atoms with Crippen LogP contribution in [0.1, 0.15) is 18.4 Å². The number of aliphatic hydroxyl groups is 1. The third-order valence-corrected chi connectivity index (χ3v) is 4.72. The van der Waals surface area contributed by atoms with Gasteiger partial charge in [0.05, 0.1) is 13.2 Å². The number of esters is 1. The molecule has 0 saturated carbocycles. The molecule has 5 nitrogen and oxygen atoms in total. The summed E-state index contributed by atoms with van der Waals surface area (Å²) in [4.78, 5) is 16.3. The molecule has 3 rings (SSSR count). The summed E-state index contributed by atoms with van der Waals surface area (Å²) in [6.45, 7) is 3.24. The molecule has 22 heavy (non-hydrogen) atoms. The number of nitrogens with zero attached hydrogens (tertiary/aromatic N) is 2. The van der Waals surface area contributed by atoms with Crippen LogP contribution in [0.25, 0.3) is 0 Å². The molecule has 0 aliphatic carbocycles. The van der Waals surface area contributed by atoms with Gasteiger partial charge in [0.15, 0.2) is 0 Å². The van der Waals surface area contributed by atoms with E-state index in [4.69, 9.17) is 4.74 Å². The van der Waals surface area contributed by atoms with Crippen molar-refractivity contribution in [2.45, 2.75) is 31.4 Å². The molecule has 5 heteroatoms. The monoisotopic (exact) mass is 304 g/mol. The van der Waals surface area contributed by atoms with Crippen molar-refractivity contribution in [3.05, 3.63) is 29.8 Å². The summed E-state index contributed by atoms with van der Waals surface area (Å²) in [6.07, 6.45) is 2.35. The molecule has 0 unspecified atom stereocenters. The first-order chi connectivity index (χ1) is 10.7. The zero-order valence-corrected chi connectivity index (χ0v) is 13.1. The Morgan fingerprint density at radius 2 is 2.18 bits per heavy atom. The Morgan fingerprint density at radius 3 is 3.00 bits per heavy atom. The predicted octanol–water partition coefficient (Wildman–Crippen LogP) is 1.05. The van der Waals surface area contributed by atoms with Crippen molar-refractivity contribution in [2.24, 2.45) is 0 Å². The number of carbonyl (C=O) groups excluding carboxylic acids is 1. The summed E-state index contributed by atoms with van der Waals surface area (Å²) >= 11 is 0. The Hall–Kier alpha value is -1.59. The normalized spacial score (nSPS) is 25.1. The largest absolute Gasteiger partial charge is 0.468 e. The van der Waals surface area contributed by atoms with E-state index in [-0.39, 0.29) is 12.0 Å². The van der Waals surface area contributed by atoms with E-state index in [1.165, 1.54) is 24.8 Å². The average Bonchev–Trinajstić information content (AvgIpc) is 2.93. The number of β-amino-alcohol motifs (C(OH)–C–C–N with tert-alkyl or cyclic N) is 1. The lowest BCUT2D eigenvalue weighted by atomic mass is 10.0. The Labute approximate surface area is 131 Å². The second-order valence-electron chi connectivity index (χ2n) is 6.14. The van der Waals surface area contributed by atoms with Crippen LogP contribution in [-0.4, -0.2) is 61.4 Å². The first-order valence-electron chi connectivity index (χ1n) is 8.02. The molecule has 0 amide bonds. The maximum atomic E-state index is 11.8. The molecule has 0 radical (unpaired) electrons. The zero-order valence-electron chi connectivity index (χ0n) is 13.1. The smallest absolute Gasteiger partial charge is 0.323 e. The third-order valence-electron chi connectivity index (χ3n) is 4.72. The van der Waals surface area contributed by atoms with Crippen LogP contribution >= 0.6 is 0 Å². The van der Waals surface area contributed by atoms with Gasteiger partial charge in [-0.2, -0.15) is 0 Å². The van der Waals surface area contributed by atoms with Crippen LogP contribution in [0.15, 0.2) is 24.3 Å². The van der Waals surface area contributed by atoms with E-state index in [0.29, 0.717) is 13.0 Å². The van der Waals surface area contributed by atoms with Crippen molar-refractivity contribution < 1.29 is 14.6 Å². The van der Waals surface area contributed by atoms with Gasteiger partial charge in [-0.25, -0.2) is 0 Å². The van der Waals surface area contributed by atoms with E-state index in [9.17, 15) is 9.90 Å². The van der Waals surface area contributed by atoms with Gasteiger partial charge in [-0.3, -0.25) is 9.69 Å². The second-order valence-corrected chi connectivity index (χ2v) is 6.14. The van der Waals surface area contributed by atoms with Gasteiger partial charge in [0.1, 0.15) is 6.04 Å². The fourth-order valence-electron chi connectivity index (χ4n) is 3.60. The number of para-hydroxylation sites is 1. The summed E-state index contributed by atoms with van der Waals surface area (Å²) in [5, 5.41) is 9.85. The van der Waals surface area contributed by atoms with Gasteiger partial charge in [-0.15, -0.1) is 0 Å². The van der Waals surface area contributed by atoms with Crippen molar-refractivity contribution in [2.75, 3.05) is 38.2 Å². The molecule has 0 bridgehead atoms. The Balaban J connectivity index is 1.64. The molecule has 2 atom stereocenters. The third kappa shape index (κ3) is 3.10. The molecule has 2 heterocycles. The van der Waals surface area contributed by atoms with E-state index in [2.05, 4.69) is 29.2 Å². The molecule has 2 aliphatic rings. The standard InChI is InChI=1S/C17H24N2O3/c1-22-17(21)16-11-14(20)12-19(16)10-9-18-8-4-6-13-5-2-3-7-15(13)18/h2-3,5,7,14,16,20H,4,6,8-12H2,1H3/t14-,16+/m0/s1. The Morgan fingerprint density at radius 1 is 1.36 bits per heavy atom. The maximum Gasteiger partial charge on any atom is 0.323 e. The van der Waals surface area contributed by atoms with Crippen LogP contribution in [0.4, 0.5) is 5.69 Å². The first-order valence-corrected chi connectivity index (χ1v) is 8.02. The number of methoxy groups -OCH3 is 1. The molecular weight excluding hydrogens is 280 g/mol. The molecular formula is C17H24N2O3. The van der Waals surface area contributed by atoms with Crippen LogP contribution in [0, 0.1) is 0 Å². The highest BCUT2D eigenvalue weighted by Gasteiger charge is 2.36. The lowest BCUT2D eigenvalue weighted by Gasteiger charge is -2.33. The van der Waals surface area contributed by atoms with E-state index in [0.717, 1.165) is 26.1 Å². The summed E-state index contributed by atoms with van der Waals surface area (Å²) in [5.74, 6) is -0.240. The predicted molar refractivity (Wildman–Crippen MR) is 85.0 cm³/mol. The van der Waals surface area contributed by atoms with E-state index < -0.39 is 6.10 Å². The number of rotatable bonds is 4. The molecule has 2 aliphatic heterocycles. The van der Waals surface area contributed by atoms with E-state index in [1.807, 2.05) is 4.90 Å². The molecule has 1 N–H and O–H groups in total. The number of likely N-dealkylation sites (tertiary alicyclic amines) is 1. The fourth-order valence-corrected chi connectivity index (χ4v) is 3.60. The zero-order chi connectivity index (χ0) is 15.5. The SMILES string of the molecule is COC(=O)[C@H]1C[C@H](O)CN1CCN1CCCc2ccccc21. The minimum atomic E-state index is -0.433. The van der Waals surface area contributed by atoms with Crippen LogP contribution in [-0.2, 0) is 16.0 Å². The summed E-state index contributed by atoms with van der Waals surface area (Å²) in [6, 6.07) is 8.23. The van der Waals surface area contributed by atoms with Crippen molar-refractivity contribution in [1.82, 2.24) is 4.90 Å². The number of hydrogen-bond acceptors (Lipinski definition) is 5.